The number of piperidine rings is 1. The zero-order valence-electron chi connectivity index (χ0n) is 10.8. The molecule has 0 radical (unpaired) electrons. The van der Waals surface area contributed by atoms with E-state index in [2.05, 4.69) is 41.8 Å². The van der Waals surface area contributed by atoms with Gasteiger partial charge in [0.05, 0.1) is 11.2 Å². The highest BCUT2D eigenvalue weighted by molar-refractivity contribution is 7.13. The second-order valence-electron chi connectivity index (χ2n) is 6.00. The number of nitrogens with zero attached hydrogens (tertiary/aromatic N) is 1. The van der Waals surface area contributed by atoms with Crippen molar-refractivity contribution in [1.82, 2.24) is 4.67 Å². The topological polar surface area (TPSA) is 21.7 Å². The van der Waals surface area contributed by atoms with Gasteiger partial charge in [0.25, 0.3) is 0 Å². The van der Waals surface area contributed by atoms with Gasteiger partial charge in [0, 0.05) is 13.1 Å². The molecule has 0 aliphatic carbocycles. The zero-order chi connectivity index (χ0) is 12.0. The lowest BCUT2D eigenvalue weighted by molar-refractivity contribution is 0.00578. The smallest absolute Gasteiger partial charge is 0.403 e. The SMILES string of the molecule is CC1(C)OB(C2CCN(P)CC2)OC1(C)C. The summed E-state index contributed by atoms with van der Waals surface area (Å²) in [6.07, 6.45) is 2.33. The predicted octanol–water partition coefficient (Wildman–Crippen LogP) is 2.33. The fourth-order valence-corrected chi connectivity index (χ4v) is 2.57. The summed E-state index contributed by atoms with van der Waals surface area (Å²) < 4.78 is 14.5. The van der Waals surface area contributed by atoms with Crippen molar-refractivity contribution in [3.8, 4) is 0 Å². The van der Waals surface area contributed by atoms with Gasteiger partial charge < -0.3 is 9.31 Å². The maximum Gasteiger partial charge on any atom is 0.461 e. The van der Waals surface area contributed by atoms with E-state index in [1.807, 2.05) is 0 Å². The van der Waals surface area contributed by atoms with Crippen LogP contribution in [0.1, 0.15) is 40.5 Å². The van der Waals surface area contributed by atoms with Crippen molar-refractivity contribution in [2.24, 2.45) is 0 Å². The molecule has 0 aromatic rings. The standard InChI is InChI=1S/C11H23BNO2P/c1-10(2)11(3,4)15-12(14-10)9-5-7-13(16)8-6-9/h9H,5-8,16H2,1-4H3. The monoisotopic (exact) mass is 243 g/mol. The van der Waals surface area contributed by atoms with E-state index < -0.39 is 0 Å². The summed E-state index contributed by atoms with van der Waals surface area (Å²) in [6, 6.07) is 0. The molecule has 92 valence electrons. The van der Waals surface area contributed by atoms with Crippen molar-refractivity contribution in [3.05, 3.63) is 0 Å². The largest absolute Gasteiger partial charge is 0.461 e. The van der Waals surface area contributed by atoms with Gasteiger partial charge in [-0.3, -0.25) is 4.67 Å². The van der Waals surface area contributed by atoms with Crippen molar-refractivity contribution in [3.63, 3.8) is 0 Å². The molecule has 0 saturated carbocycles. The molecule has 2 aliphatic heterocycles. The maximum atomic E-state index is 6.09. The van der Waals surface area contributed by atoms with Crippen LogP contribution in [0.4, 0.5) is 0 Å². The van der Waals surface area contributed by atoms with Crippen LogP contribution in [0.2, 0.25) is 5.82 Å². The van der Waals surface area contributed by atoms with Crippen molar-refractivity contribution < 1.29 is 9.31 Å². The molecule has 0 spiro atoms. The Balaban J connectivity index is 1.98. The third-order valence-electron chi connectivity index (χ3n) is 4.23. The lowest BCUT2D eigenvalue weighted by Crippen LogP contribution is -2.41. The lowest BCUT2D eigenvalue weighted by Gasteiger charge is -2.32. The summed E-state index contributed by atoms with van der Waals surface area (Å²) >= 11 is 0. The van der Waals surface area contributed by atoms with Crippen LogP contribution in [0.3, 0.4) is 0 Å². The van der Waals surface area contributed by atoms with E-state index in [0.717, 1.165) is 13.1 Å². The highest BCUT2D eigenvalue weighted by Crippen LogP contribution is 2.42. The van der Waals surface area contributed by atoms with Gasteiger partial charge in [-0.2, -0.15) is 0 Å². The van der Waals surface area contributed by atoms with Crippen LogP contribution in [0.5, 0.6) is 0 Å². The molecule has 2 saturated heterocycles. The van der Waals surface area contributed by atoms with Crippen LogP contribution >= 0.6 is 9.39 Å². The first-order valence-corrected chi connectivity index (χ1v) is 6.69. The second-order valence-corrected chi connectivity index (χ2v) is 6.73. The van der Waals surface area contributed by atoms with Gasteiger partial charge in [-0.25, -0.2) is 0 Å². The molecule has 0 bridgehead atoms. The van der Waals surface area contributed by atoms with Crippen LogP contribution in [0.15, 0.2) is 0 Å². The van der Waals surface area contributed by atoms with E-state index in [-0.39, 0.29) is 18.3 Å². The third-order valence-corrected chi connectivity index (χ3v) is 4.75. The lowest BCUT2D eigenvalue weighted by atomic mass is 9.67. The molecule has 1 unspecified atom stereocenters. The molecular formula is C11H23BNO2P. The Bertz CT molecular complexity index is 249. The molecule has 0 aromatic heterocycles. The highest BCUT2D eigenvalue weighted by atomic mass is 31.0. The summed E-state index contributed by atoms with van der Waals surface area (Å²) in [6.45, 7) is 10.7. The average molecular weight is 243 g/mol. The first-order chi connectivity index (χ1) is 7.32. The van der Waals surface area contributed by atoms with Crippen molar-refractivity contribution in [1.29, 1.82) is 0 Å². The third kappa shape index (κ3) is 2.31. The summed E-state index contributed by atoms with van der Waals surface area (Å²) in [5, 5.41) is 0. The Kier molecular flexibility index (Phi) is 3.40. The van der Waals surface area contributed by atoms with E-state index in [0.29, 0.717) is 5.82 Å². The van der Waals surface area contributed by atoms with Crippen LogP contribution in [-0.4, -0.2) is 36.1 Å². The van der Waals surface area contributed by atoms with E-state index in [1.54, 1.807) is 0 Å². The van der Waals surface area contributed by atoms with Crippen molar-refractivity contribution in [2.75, 3.05) is 13.1 Å². The number of hydrogen-bond donors (Lipinski definition) is 0. The molecular weight excluding hydrogens is 220 g/mol. The fourth-order valence-electron chi connectivity index (χ4n) is 2.27. The Morgan fingerprint density at radius 1 is 1.06 bits per heavy atom. The number of hydrogen-bond acceptors (Lipinski definition) is 3. The van der Waals surface area contributed by atoms with Gasteiger partial charge >= 0.3 is 7.12 Å². The normalized spacial score (nSPS) is 30.9. The minimum absolute atomic E-state index is 0.0105. The predicted molar refractivity (Wildman–Crippen MR) is 70.3 cm³/mol. The van der Waals surface area contributed by atoms with Crippen molar-refractivity contribution >= 4 is 16.5 Å². The molecule has 2 heterocycles. The van der Waals surface area contributed by atoms with E-state index in [1.165, 1.54) is 12.8 Å². The minimum Gasteiger partial charge on any atom is -0.403 e. The highest BCUT2D eigenvalue weighted by Gasteiger charge is 2.53. The summed E-state index contributed by atoms with van der Waals surface area (Å²) in [5.74, 6) is 0.554. The molecule has 3 nitrogen and oxygen atoms in total. The summed E-state index contributed by atoms with van der Waals surface area (Å²) in [4.78, 5) is 0. The molecule has 0 aromatic carbocycles. The average Bonchev–Trinajstić information content (AvgIpc) is 2.37. The molecule has 16 heavy (non-hydrogen) atoms. The summed E-state index contributed by atoms with van der Waals surface area (Å²) in [7, 11) is 2.77. The fraction of sp³-hybridized carbons (Fsp3) is 1.00. The van der Waals surface area contributed by atoms with Gasteiger partial charge in [0.15, 0.2) is 0 Å². The van der Waals surface area contributed by atoms with Gasteiger partial charge in [-0.15, -0.1) is 0 Å². The van der Waals surface area contributed by atoms with Crippen LogP contribution < -0.4 is 0 Å². The van der Waals surface area contributed by atoms with Crippen LogP contribution in [0.25, 0.3) is 0 Å². The number of rotatable bonds is 1. The Hall–Kier alpha value is 0.375. The second kappa shape index (κ2) is 4.24. The molecule has 1 atom stereocenters. The van der Waals surface area contributed by atoms with E-state index in [4.69, 9.17) is 9.31 Å². The van der Waals surface area contributed by atoms with Gasteiger partial charge in [0.2, 0.25) is 0 Å². The Labute approximate surface area is 102 Å². The quantitative estimate of drug-likeness (QED) is 0.521. The van der Waals surface area contributed by atoms with E-state index in [9.17, 15) is 0 Å². The van der Waals surface area contributed by atoms with Gasteiger partial charge in [0.1, 0.15) is 0 Å². The first kappa shape index (κ1) is 12.8. The molecule has 2 rings (SSSR count). The summed E-state index contributed by atoms with van der Waals surface area (Å²) in [5.41, 5.74) is -0.370. The molecule has 2 aliphatic rings. The molecule has 5 heteroatoms. The first-order valence-electron chi connectivity index (χ1n) is 6.17. The van der Waals surface area contributed by atoms with E-state index >= 15 is 0 Å². The Morgan fingerprint density at radius 2 is 1.50 bits per heavy atom. The van der Waals surface area contributed by atoms with Crippen LogP contribution in [0, 0.1) is 0 Å². The molecule has 0 N–H and O–H groups in total. The maximum absolute atomic E-state index is 6.09. The molecule has 2 fully saturated rings. The molecule has 0 amide bonds. The van der Waals surface area contributed by atoms with Crippen LogP contribution in [-0.2, 0) is 9.31 Å². The van der Waals surface area contributed by atoms with Gasteiger partial charge in [-0.05, 0) is 46.4 Å². The Morgan fingerprint density at radius 3 is 1.94 bits per heavy atom. The zero-order valence-corrected chi connectivity index (χ0v) is 12.0. The van der Waals surface area contributed by atoms with Crippen molar-refractivity contribution in [2.45, 2.75) is 57.6 Å². The minimum atomic E-state index is -0.185. The van der Waals surface area contributed by atoms with Gasteiger partial charge in [-0.1, -0.05) is 9.39 Å².